The van der Waals surface area contributed by atoms with Gasteiger partial charge in [-0.3, -0.25) is 9.59 Å². The SMILES string of the molecule is Cc1cccc(C)c1NC(=O)CNCc1ccccc1OCC(=O)N1CCCC1. The summed E-state index contributed by atoms with van der Waals surface area (Å²) in [5, 5.41) is 6.12. The number of nitrogens with one attached hydrogen (secondary N) is 2. The van der Waals surface area contributed by atoms with Crippen LogP contribution in [0.4, 0.5) is 5.69 Å². The zero-order valence-electron chi connectivity index (χ0n) is 17.2. The molecule has 3 rings (SSSR count). The minimum atomic E-state index is -0.0926. The van der Waals surface area contributed by atoms with Gasteiger partial charge in [0.15, 0.2) is 6.61 Å². The first-order valence-corrected chi connectivity index (χ1v) is 10.1. The maximum Gasteiger partial charge on any atom is 0.260 e. The van der Waals surface area contributed by atoms with E-state index in [4.69, 9.17) is 4.74 Å². The standard InChI is InChI=1S/C23H29N3O3/c1-17-8-7-9-18(2)23(17)25-21(27)15-24-14-19-10-3-4-11-20(19)29-16-22(28)26-12-5-6-13-26/h3-4,7-11,24H,5-6,12-16H2,1-2H3,(H,25,27). The van der Waals surface area contributed by atoms with Crippen LogP contribution in [0.1, 0.15) is 29.5 Å². The zero-order chi connectivity index (χ0) is 20.6. The van der Waals surface area contributed by atoms with E-state index in [2.05, 4.69) is 10.6 Å². The molecule has 0 saturated carbocycles. The Bertz CT molecular complexity index is 840. The fraction of sp³-hybridized carbons (Fsp3) is 0.391. The molecule has 1 heterocycles. The number of hydrogen-bond acceptors (Lipinski definition) is 4. The Morgan fingerprint density at radius 3 is 2.41 bits per heavy atom. The van der Waals surface area contributed by atoms with Crippen LogP contribution in [0.5, 0.6) is 5.75 Å². The van der Waals surface area contributed by atoms with Crippen molar-refractivity contribution in [2.24, 2.45) is 0 Å². The van der Waals surface area contributed by atoms with E-state index < -0.39 is 0 Å². The Morgan fingerprint density at radius 1 is 1.00 bits per heavy atom. The molecule has 1 fully saturated rings. The molecule has 2 amide bonds. The first-order chi connectivity index (χ1) is 14.0. The molecule has 1 aliphatic rings. The van der Waals surface area contributed by atoms with E-state index in [0.29, 0.717) is 12.3 Å². The van der Waals surface area contributed by atoms with Gasteiger partial charge in [0.2, 0.25) is 5.91 Å². The van der Waals surface area contributed by atoms with Crippen molar-refractivity contribution in [3.05, 3.63) is 59.2 Å². The van der Waals surface area contributed by atoms with E-state index in [-0.39, 0.29) is 25.0 Å². The van der Waals surface area contributed by atoms with Crippen LogP contribution in [0.15, 0.2) is 42.5 Å². The number of nitrogens with zero attached hydrogens (tertiary/aromatic N) is 1. The fourth-order valence-corrected chi connectivity index (χ4v) is 3.49. The lowest BCUT2D eigenvalue weighted by Gasteiger charge is -2.17. The van der Waals surface area contributed by atoms with E-state index in [1.165, 1.54) is 0 Å². The Hall–Kier alpha value is -2.86. The van der Waals surface area contributed by atoms with E-state index in [0.717, 1.165) is 48.3 Å². The topological polar surface area (TPSA) is 70.7 Å². The van der Waals surface area contributed by atoms with Crippen molar-refractivity contribution in [3.8, 4) is 5.75 Å². The number of amides is 2. The smallest absolute Gasteiger partial charge is 0.260 e. The van der Waals surface area contributed by atoms with Gasteiger partial charge in [-0.1, -0.05) is 36.4 Å². The summed E-state index contributed by atoms with van der Waals surface area (Å²) in [6.45, 7) is 6.31. The summed E-state index contributed by atoms with van der Waals surface area (Å²) in [7, 11) is 0. The van der Waals surface area contributed by atoms with E-state index >= 15 is 0 Å². The minimum Gasteiger partial charge on any atom is -0.483 e. The van der Waals surface area contributed by atoms with Crippen LogP contribution in [0.2, 0.25) is 0 Å². The number of hydrogen-bond donors (Lipinski definition) is 2. The predicted molar refractivity (Wildman–Crippen MR) is 114 cm³/mol. The maximum atomic E-state index is 12.3. The molecule has 0 unspecified atom stereocenters. The quantitative estimate of drug-likeness (QED) is 0.721. The Balaban J connectivity index is 1.49. The molecular weight excluding hydrogens is 366 g/mol. The van der Waals surface area contributed by atoms with Crippen molar-refractivity contribution < 1.29 is 14.3 Å². The first-order valence-electron chi connectivity index (χ1n) is 10.1. The second kappa shape index (κ2) is 10.1. The van der Waals surface area contributed by atoms with E-state index in [9.17, 15) is 9.59 Å². The molecule has 6 heteroatoms. The summed E-state index contributed by atoms with van der Waals surface area (Å²) in [4.78, 5) is 26.3. The molecule has 2 N–H and O–H groups in total. The molecule has 6 nitrogen and oxygen atoms in total. The van der Waals surface area contributed by atoms with Gasteiger partial charge in [-0.2, -0.15) is 0 Å². The Labute approximate surface area is 172 Å². The van der Waals surface area contributed by atoms with Crippen molar-refractivity contribution >= 4 is 17.5 Å². The molecule has 0 spiro atoms. The molecule has 2 aromatic carbocycles. The zero-order valence-corrected chi connectivity index (χ0v) is 17.2. The molecule has 0 bridgehead atoms. The third-order valence-corrected chi connectivity index (χ3v) is 5.13. The summed E-state index contributed by atoms with van der Waals surface area (Å²) >= 11 is 0. The molecule has 0 atom stereocenters. The molecule has 29 heavy (non-hydrogen) atoms. The highest BCUT2D eigenvalue weighted by Crippen LogP contribution is 2.20. The van der Waals surface area contributed by atoms with Crippen LogP contribution in [0.3, 0.4) is 0 Å². The number of ether oxygens (including phenoxy) is 1. The van der Waals surface area contributed by atoms with Crippen molar-refractivity contribution in [2.45, 2.75) is 33.2 Å². The van der Waals surface area contributed by atoms with Gasteiger partial charge in [0.25, 0.3) is 5.91 Å². The van der Waals surface area contributed by atoms with Gasteiger partial charge in [0.05, 0.1) is 6.54 Å². The lowest BCUT2D eigenvalue weighted by molar-refractivity contribution is -0.132. The molecule has 2 aromatic rings. The largest absolute Gasteiger partial charge is 0.483 e. The second-order valence-corrected chi connectivity index (χ2v) is 7.40. The molecular formula is C23H29N3O3. The fourth-order valence-electron chi connectivity index (χ4n) is 3.49. The number of anilines is 1. The Morgan fingerprint density at radius 2 is 1.69 bits per heavy atom. The molecule has 0 aromatic heterocycles. The monoisotopic (exact) mass is 395 g/mol. The van der Waals surface area contributed by atoms with Crippen molar-refractivity contribution in [2.75, 3.05) is 31.6 Å². The highest BCUT2D eigenvalue weighted by molar-refractivity contribution is 5.93. The third kappa shape index (κ3) is 5.81. The lowest BCUT2D eigenvalue weighted by atomic mass is 10.1. The van der Waals surface area contributed by atoms with Gasteiger partial charge in [0.1, 0.15) is 5.75 Å². The average molecular weight is 396 g/mol. The van der Waals surface area contributed by atoms with Crippen LogP contribution < -0.4 is 15.4 Å². The number of para-hydroxylation sites is 2. The van der Waals surface area contributed by atoms with Crippen LogP contribution in [0.25, 0.3) is 0 Å². The van der Waals surface area contributed by atoms with E-state index in [1.54, 1.807) is 0 Å². The van der Waals surface area contributed by atoms with Gasteiger partial charge in [-0.05, 0) is 43.9 Å². The summed E-state index contributed by atoms with van der Waals surface area (Å²) in [6.07, 6.45) is 2.13. The van der Waals surface area contributed by atoms with Gasteiger partial charge < -0.3 is 20.3 Å². The highest BCUT2D eigenvalue weighted by Gasteiger charge is 2.18. The van der Waals surface area contributed by atoms with Crippen LogP contribution >= 0.6 is 0 Å². The van der Waals surface area contributed by atoms with Crippen molar-refractivity contribution in [1.82, 2.24) is 10.2 Å². The number of aryl methyl sites for hydroxylation is 2. The maximum absolute atomic E-state index is 12.3. The van der Waals surface area contributed by atoms with E-state index in [1.807, 2.05) is 61.2 Å². The molecule has 0 radical (unpaired) electrons. The number of benzene rings is 2. The molecule has 0 aliphatic carbocycles. The number of carbonyl (C=O) groups excluding carboxylic acids is 2. The minimum absolute atomic E-state index is 0.0261. The van der Waals surface area contributed by atoms with Crippen molar-refractivity contribution in [3.63, 3.8) is 0 Å². The molecule has 1 aliphatic heterocycles. The normalized spacial score (nSPS) is 13.4. The molecule has 1 saturated heterocycles. The third-order valence-electron chi connectivity index (χ3n) is 5.13. The summed E-state index contributed by atoms with van der Waals surface area (Å²) in [6, 6.07) is 13.5. The van der Waals surface area contributed by atoms with Gasteiger partial charge >= 0.3 is 0 Å². The number of likely N-dealkylation sites (tertiary alicyclic amines) is 1. The van der Waals surface area contributed by atoms with Crippen molar-refractivity contribution in [1.29, 1.82) is 0 Å². The number of carbonyl (C=O) groups is 2. The van der Waals surface area contributed by atoms with Gasteiger partial charge in [-0.25, -0.2) is 0 Å². The molecule has 154 valence electrons. The van der Waals surface area contributed by atoms with Crippen LogP contribution in [-0.4, -0.2) is 43.0 Å². The summed E-state index contributed by atoms with van der Waals surface area (Å²) in [5.74, 6) is 0.603. The average Bonchev–Trinajstić information content (AvgIpc) is 3.25. The predicted octanol–water partition coefficient (Wildman–Crippen LogP) is 3.03. The summed E-state index contributed by atoms with van der Waals surface area (Å²) in [5.41, 5.74) is 3.87. The van der Waals surface area contributed by atoms with Gasteiger partial charge in [-0.15, -0.1) is 0 Å². The second-order valence-electron chi connectivity index (χ2n) is 7.40. The number of rotatable bonds is 8. The van der Waals surface area contributed by atoms with Gasteiger partial charge in [0, 0.05) is 30.9 Å². The Kier molecular flexibility index (Phi) is 7.25. The summed E-state index contributed by atoms with van der Waals surface area (Å²) < 4.78 is 5.76. The first kappa shape index (κ1) is 20.9. The van der Waals surface area contributed by atoms with Crippen LogP contribution in [-0.2, 0) is 16.1 Å². The highest BCUT2D eigenvalue weighted by atomic mass is 16.5. The van der Waals surface area contributed by atoms with Crippen LogP contribution in [0, 0.1) is 13.8 Å². The lowest BCUT2D eigenvalue weighted by Crippen LogP contribution is -2.32.